The van der Waals surface area contributed by atoms with E-state index >= 15 is 0 Å². The van der Waals surface area contributed by atoms with Gasteiger partial charge in [-0.1, -0.05) is 20.8 Å². The third-order valence-electron chi connectivity index (χ3n) is 6.52. The molecule has 164 valence electrons. The first-order chi connectivity index (χ1) is 13.9. The van der Waals surface area contributed by atoms with E-state index < -0.39 is 8.32 Å². The molecule has 2 saturated heterocycles. The van der Waals surface area contributed by atoms with Crippen LogP contribution < -0.4 is 10.2 Å². The van der Waals surface area contributed by atoms with E-state index in [4.69, 9.17) is 9.16 Å². The van der Waals surface area contributed by atoms with E-state index in [9.17, 15) is 14.4 Å². The predicted octanol–water partition coefficient (Wildman–Crippen LogP) is 3.74. The molecule has 0 spiro atoms. The van der Waals surface area contributed by atoms with Gasteiger partial charge in [-0.15, -0.1) is 0 Å². The smallest absolute Gasteiger partial charge is 0.414 e. The number of cyclic esters (lactones) is 1. The Kier molecular flexibility index (Phi) is 6.11. The van der Waals surface area contributed by atoms with E-state index in [-0.39, 0.29) is 47.3 Å². The Hall–Kier alpha value is -2.19. The molecule has 2 heterocycles. The molecule has 8 heteroatoms. The maximum atomic E-state index is 12.8. The molecule has 2 aliphatic heterocycles. The number of carbonyl (C=O) groups excluding carboxylic acids is 3. The van der Waals surface area contributed by atoms with E-state index in [2.05, 4.69) is 39.2 Å². The zero-order valence-electron chi connectivity index (χ0n) is 18.7. The zero-order valence-corrected chi connectivity index (χ0v) is 19.7. The molecular formula is C22H32N2O5Si. The standard InChI is InChI=1S/C22H32N2O5Si/c1-14(29-30(5,6)22(2,3)4)19-17(23-20(19)26)13-18(25)15-7-9-16(10-8-15)24-11-12-28-21(24)27/h7-10,14,17,19H,11-13H2,1-6H3,(H,23,26)/t14-,17?,19-/m1/s1. The van der Waals surface area contributed by atoms with Gasteiger partial charge in [-0.2, -0.15) is 0 Å². The molecule has 1 aromatic carbocycles. The van der Waals surface area contributed by atoms with E-state index in [0.29, 0.717) is 24.4 Å². The van der Waals surface area contributed by atoms with Crippen molar-refractivity contribution in [3.05, 3.63) is 29.8 Å². The van der Waals surface area contributed by atoms with Crippen LogP contribution in [0.1, 0.15) is 44.5 Å². The number of amides is 2. The number of ether oxygens (including phenoxy) is 1. The summed E-state index contributed by atoms with van der Waals surface area (Å²) in [5, 5.41) is 2.92. The second-order valence-electron chi connectivity index (χ2n) is 9.66. The maximum absolute atomic E-state index is 12.8. The van der Waals surface area contributed by atoms with Gasteiger partial charge < -0.3 is 14.5 Å². The lowest BCUT2D eigenvalue weighted by atomic mass is 9.82. The Morgan fingerprint density at radius 1 is 1.27 bits per heavy atom. The van der Waals surface area contributed by atoms with Crippen LogP contribution in [-0.4, -0.2) is 51.4 Å². The Labute approximate surface area is 179 Å². The first-order valence-electron chi connectivity index (χ1n) is 10.5. The van der Waals surface area contributed by atoms with Gasteiger partial charge in [0.25, 0.3) is 0 Å². The molecule has 2 fully saturated rings. The minimum atomic E-state index is -2.01. The molecule has 0 aromatic heterocycles. The quantitative estimate of drug-likeness (QED) is 0.403. The number of carbonyl (C=O) groups is 3. The fraction of sp³-hybridized carbons (Fsp3) is 0.591. The Balaban J connectivity index is 1.62. The van der Waals surface area contributed by atoms with Crippen LogP contribution in [0.4, 0.5) is 10.5 Å². The van der Waals surface area contributed by atoms with Crippen molar-refractivity contribution in [1.82, 2.24) is 5.32 Å². The number of Topliss-reactive ketones (excluding diaryl/α,β-unsaturated/α-hetero) is 1. The molecule has 7 nitrogen and oxygen atoms in total. The van der Waals surface area contributed by atoms with Crippen LogP contribution >= 0.6 is 0 Å². The average Bonchev–Trinajstić information content (AvgIpc) is 3.05. The summed E-state index contributed by atoms with van der Waals surface area (Å²) >= 11 is 0. The second-order valence-corrected chi connectivity index (χ2v) is 14.4. The molecule has 2 aliphatic rings. The van der Waals surface area contributed by atoms with Gasteiger partial charge in [-0.05, 0) is 49.3 Å². The molecule has 1 unspecified atom stereocenters. The molecular weight excluding hydrogens is 400 g/mol. The molecule has 0 aliphatic carbocycles. The molecule has 0 saturated carbocycles. The number of β-lactam (4-membered cyclic amide) rings is 1. The lowest BCUT2D eigenvalue weighted by Crippen LogP contribution is -2.64. The Morgan fingerprint density at radius 3 is 2.40 bits per heavy atom. The summed E-state index contributed by atoms with van der Waals surface area (Å²) in [6.45, 7) is 13.6. The molecule has 1 aromatic rings. The van der Waals surface area contributed by atoms with Gasteiger partial charge in [0.15, 0.2) is 14.1 Å². The summed E-state index contributed by atoms with van der Waals surface area (Å²) < 4.78 is 11.3. The first-order valence-corrected chi connectivity index (χ1v) is 13.4. The van der Waals surface area contributed by atoms with E-state index in [1.54, 1.807) is 24.3 Å². The predicted molar refractivity (Wildman–Crippen MR) is 117 cm³/mol. The van der Waals surface area contributed by atoms with Crippen molar-refractivity contribution in [2.75, 3.05) is 18.1 Å². The molecule has 3 rings (SSSR count). The minimum absolute atomic E-state index is 0.0416. The molecule has 3 atom stereocenters. The van der Waals surface area contributed by atoms with Crippen molar-refractivity contribution in [1.29, 1.82) is 0 Å². The average molecular weight is 433 g/mol. The van der Waals surface area contributed by atoms with E-state index in [1.165, 1.54) is 4.90 Å². The van der Waals surface area contributed by atoms with E-state index in [0.717, 1.165) is 0 Å². The number of anilines is 1. The maximum Gasteiger partial charge on any atom is 0.414 e. The van der Waals surface area contributed by atoms with Crippen molar-refractivity contribution in [2.24, 2.45) is 5.92 Å². The second kappa shape index (κ2) is 8.15. The SMILES string of the molecule is C[C@@H](O[Si](C)(C)C(C)(C)C)[C@H]1C(=O)NC1CC(=O)c1ccc(N2CCOC2=O)cc1. The van der Waals surface area contributed by atoms with Crippen LogP contribution in [-0.2, 0) is 14.0 Å². The lowest BCUT2D eigenvalue weighted by molar-refractivity contribution is -0.139. The normalized spacial score (nSPS) is 22.9. The van der Waals surface area contributed by atoms with Crippen LogP contribution in [0.25, 0.3) is 0 Å². The largest absolute Gasteiger partial charge is 0.447 e. The number of nitrogens with one attached hydrogen (secondary N) is 1. The number of ketones is 1. The van der Waals surface area contributed by atoms with Crippen molar-refractivity contribution in [3.8, 4) is 0 Å². The summed E-state index contributed by atoms with van der Waals surface area (Å²) in [7, 11) is -2.01. The summed E-state index contributed by atoms with van der Waals surface area (Å²) in [5.74, 6) is -0.413. The third kappa shape index (κ3) is 4.44. The number of benzene rings is 1. The summed E-state index contributed by atoms with van der Waals surface area (Å²) in [6, 6.07) is 6.71. The van der Waals surface area contributed by atoms with Crippen LogP contribution in [0.3, 0.4) is 0 Å². The molecule has 0 radical (unpaired) electrons. The van der Waals surface area contributed by atoms with Crippen molar-refractivity contribution < 1.29 is 23.5 Å². The van der Waals surface area contributed by atoms with Gasteiger partial charge in [0.05, 0.1) is 24.6 Å². The van der Waals surface area contributed by atoms with Gasteiger partial charge >= 0.3 is 6.09 Å². The molecule has 30 heavy (non-hydrogen) atoms. The van der Waals surface area contributed by atoms with Crippen LogP contribution in [0.5, 0.6) is 0 Å². The monoisotopic (exact) mass is 432 g/mol. The Morgan fingerprint density at radius 2 is 1.90 bits per heavy atom. The topological polar surface area (TPSA) is 84.9 Å². The van der Waals surface area contributed by atoms with E-state index in [1.807, 2.05) is 6.92 Å². The molecule has 2 amide bonds. The first kappa shape index (κ1) is 22.5. The van der Waals surface area contributed by atoms with Crippen LogP contribution in [0.2, 0.25) is 18.1 Å². The van der Waals surface area contributed by atoms with Crippen molar-refractivity contribution >= 4 is 31.8 Å². The van der Waals surface area contributed by atoms with Gasteiger partial charge in [-0.25, -0.2) is 4.79 Å². The zero-order chi connectivity index (χ0) is 22.3. The summed E-state index contributed by atoms with van der Waals surface area (Å²) in [5.41, 5.74) is 1.27. The number of hydrogen-bond acceptors (Lipinski definition) is 5. The van der Waals surface area contributed by atoms with Crippen molar-refractivity contribution in [3.63, 3.8) is 0 Å². The van der Waals surface area contributed by atoms with Gasteiger partial charge in [0.2, 0.25) is 5.91 Å². The van der Waals surface area contributed by atoms with Gasteiger partial charge in [0, 0.05) is 17.7 Å². The van der Waals surface area contributed by atoms with Gasteiger partial charge in [-0.3, -0.25) is 14.5 Å². The minimum Gasteiger partial charge on any atom is -0.447 e. The Bertz CT molecular complexity index is 831. The highest BCUT2D eigenvalue weighted by molar-refractivity contribution is 6.74. The third-order valence-corrected chi connectivity index (χ3v) is 11.1. The highest BCUT2D eigenvalue weighted by Crippen LogP contribution is 2.39. The summed E-state index contributed by atoms with van der Waals surface area (Å²) in [4.78, 5) is 38.2. The number of nitrogens with zero attached hydrogens (tertiary/aromatic N) is 1. The number of hydrogen-bond donors (Lipinski definition) is 1. The number of rotatable bonds is 7. The highest BCUT2D eigenvalue weighted by Gasteiger charge is 2.47. The molecule has 0 bridgehead atoms. The highest BCUT2D eigenvalue weighted by atomic mass is 28.4. The van der Waals surface area contributed by atoms with Crippen LogP contribution in [0, 0.1) is 5.92 Å². The fourth-order valence-electron chi connectivity index (χ4n) is 3.66. The lowest BCUT2D eigenvalue weighted by Gasteiger charge is -2.45. The van der Waals surface area contributed by atoms with Crippen LogP contribution in [0.15, 0.2) is 24.3 Å². The van der Waals surface area contributed by atoms with Crippen molar-refractivity contribution in [2.45, 2.75) is 64.4 Å². The summed E-state index contributed by atoms with van der Waals surface area (Å²) in [6.07, 6.45) is -0.377. The fourth-order valence-corrected chi connectivity index (χ4v) is 5.09. The molecule has 1 N–H and O–H groups in total. The van der Waals surface area contributed by atoms with Gasteiger partial charge in [0.1, 0.15) is 6.61 Å².